The molecule has 0 heterocycles. The third-order valence-corrected chi connectivity index (χ3v) is 2.89. The monoisotopic (exact) mass is 288 g/mol. The highest BCUT2D eigenvalue weighted by Gasteiger charge is 2.01. The third kappa shape index (κ3) is 6.45. The number of hydrogen-bond donors (Lipinski definition) is 2. The summed E-state index contributed by atoms with van der Waals surface area (Å²) in [6, 6.07) is 0. The molecule has 0 saturated heterocycles. The maximum absolute atomic E-state index is 5.05. The molecule has 0 radical (unpaired) electrons. The van der Waals surface area contributed by atoms with Crippen LogP contribution >= 0.6 is 24.4 Å². The largest absolute Gasteiger partial charge is 0.354 e. The van der Waals surface area contributed by atoms with Gasteiger partial charge in [0.15, 0.2) is 10.2 Å². The molecular formula is C10H20N6S2. The molecule has 0 aliphatic rings. The minimum absolute atomic E-state index is 0.541. The van der Waals surface area contributed by atoms with Gasteiger partial charge < -0.3 is 9.80 Å². The summed E-state index contributed by atoms with van der Waals surface area (Å²) in [6.07, 6.45) is 0. The number of nitrogens with one attached hydrogen (secondary N) is 2. The minimum atomic E-state index is 0.541. The van der Waals surface area contributed by atoms with Crippen molar-refractivity contribution < 1.29 is 0 Å². The van der Waals surface area contributed by atoms with Gasteiger partial charge in [-0.15, -0.1) is 0 Å². The molecule has 102 valence electrons. The summed E-state index contributed by atoms with van der Waals surface area (Å²) in [4.78, 5) is 3.52. The molecule has 8 heteroatoms. The number of nitrogens with zero attached hydrogens (tertiary/aromatic N) is 4. The van der Waals surface area contributed by atoms with Crippen molar-refractivity contribution in [2.24, 2.45) is 10.2 Å². The Kier molecular flexibility index (Phi) is 7.37. The van der Waals surface area contributed by atoms with Gasteiger partial charge in [-0.1, -0.05) is 0 Å². The van der Waals surface area contributed by atoms with Gasteiger partial charge in [-0.25, -0.2) is 0 Å². The van der Waals surface area contributed by atoms with Crippen LogP contribution < -0.4 is 10.9 Å². The second-order valence-corrected chi connectivity index (χ2v) is 4.79. The lowest BCUT2D eigenvalue weighted by Gasteiger charge is -2.13. The minimum Gasteiger partial charge on any atom is -0.354 e. The Morgan fingerprint density at radius 2 is 1.06 bits per heavy atom. The zero-order valence-electron chi connectivity index (χ0n) is 11.6. The second kappa shape index (κ2) is 7.93. The quantitative estimate of drug-likeness (QED) is 0.451. The van der Waals surface area contributed by atoms with E-state index in [1.54, 1.807) is 9.80 Å². The molecule has 0 spiro atoms. The molecule has 18 heavy (non-hydrogen) atoms. The van der Waals surface area contributed by atoms with Gasteiger partial charge in [-0.05, 0) is 38.3 Å². The zero-order valence-corrected chi connectivity index (χ0v) is 13.2. The Bertz CT molecular complexity index is 337. The van der Waals surface area contributed by atoms with Crippen LogP contribution in [0.5, 0.6) is 0 Å². The van der Waals surface area contributed by atoms with Crippen LogP contribution in [-0.2, 0) is 0 Å². The van der Waals surface area contributed by atoms with Crippen LogP contribution in [0, 0.1) is 0 Å². The number of thiocarbonyl (C=S) groups is 2. The Morgan fingerprint density at radius 1 is 0.778 bits per heavy atom. The van der Waals surface area contributed by atoms with E-state index in [0.29, 0.717) is 10.2 Å². The highest BCUT2D eigenvalue weighted by Crippen LogP contribution is 1.86. The van der Waals surface area contributed by atoms with E-state index in [9.17, 15) is 0 Å². The van der Waals surface area contributed by atoms with Gasteiger partial charge in [0.05, 0.1) is 11.4 Å². The SMILES string of the molecule is CC(=NNC(=S)N(C)C)C(C)=NNC(=S)N(C)C. The van der Waals surface area contributed by atoms with Gasteiger partial charge in [0.25, 0.3) is 0 Å². The molecule has 0 amide bonds. The lowest BCUT2D eigenvalue weighted by molar-refractivity contribution is 0.605. The van der Waals surface area contributed by atoms with E-state index in [4.69, 9.17) is 24.4 Å². The molecule has 0 aromatic carbocycles. The van der Waals surface area contributed by atoms with Crippen LogP contribution in [-0.4, -0.2) is 59.6 Å². The van der Waals surface area contributed by atoms with Gasteiger partial charge in [0.2, 0.25) is 0 Å². The lowest BCUT2D eigenvalue weighted by Crippen LogP contribution is -2.33. The Hall–Kier alpha value is -1.28. The highest BCUT2D eigenvalue weighted by molar-refractivity contribution is 7.80. The first-order valence-electron chi connectivity index (χ1n) is 5.29. The van der Waals surface area contributed by atoms with Crippen LogP contribution in [0.25, 0.3) is 0 Å². The topological polar surface area (TPSA) is 55.3 Å². The van der Waals surface area contributed by atoms with Crippen LogP contribution in [0.2, 0.25) is 0 Å². The van der Waals surface area contributed by atoms with Crippen molar-refractivity contribution in [2.75, 3.05) is 28.2 Å². The first-order valence-corrected chi connectivity index (χ1v) is 6.11. The average molecular weight is 288 g/mol. The predicted octanol–water partition coefficient (Wildman–Crippen LogP) is 0.610. The predicted molar refractivity (Wildman–Crippen MR) is 85.1 cm³/mol. The normalized spacial score (nSPS) is 11.9. The maximum atomic E-state index is 5.05. The van der Waals surface area contributed by atoms with Crippen LogP contribution in [0.15, 0.2) is 10.2 Å². The van der Waals surface area contributed by atoms with Gasteiger partial charge >= 0.3 is 0 Å². The summed E-state index contributed by atoms with van der Waals surface area (Å²) >= 11 is 10.1. The van der Waals surface area contributed by atoms with E-state index in [1.165, 1.54) is 0 Å². The Balaban J connectivity index is 4.45. The van der Waals surface area contributed by atoms with E-state index in [1.807, 2.05) is 42.0 Å². The van der Waals surface area contributed by atoms with Gasteiger partial charge in [0, 0.05) is 28.2 Å². The highest BCUT2D eigenvalue weighted by atomic mass is 32.1. The van der Waals surface area contributed by atoms with Crippen molar-refractivity contribution in [3.8, 4) is 0 Å². The molecule has 2 N–H and O–H groups in total. The molecule has 0 fully saturated rings. The van der Waals surface area contributed by atoms with Crippen LogP contribution in [0.1, 0.15) is 13.8 Å². The molecule has 0 unspecified atom stereocenters. The fourth-order valence-electron chi connectivity index (χ4n) is 0.625. The smallest absolute Gasteiger partial charge is 0.189 e. The summed E-state index contributed by atoms with van der Waals surface area (Å²) in [5, 5.41) is 9.33. The van der Waals surface area contributed by atoms with Gasteiger partial charge in [-0.3, -0.25) is 10.9 Å². The fraction of sp³-hybridized carbons (Fsp3) is 0.600. The summed E-state index contributed by atoms with van der Waals surface area (Å²) in [7, 11) is 7.38. The molecule has 0 rings (SSSR count). The molecule has 0 aromatic rings. The fourth-order valence-corrected chi connectivity index (χ4v) is 0.716. The standard InChI is InChI=1S/C10H20N6S2/c1-7(11-13-9(17)15(3)4)8(2)12-14-10(18)16(5)6/h1-6H3,(H,13,17)(H,14,18). The molecule has 0 atom stereocenters. The summed E-state index contributed by atoms with van der Waals surface area (Å²) in [5.41, 5.74) is 6.99. The van der Waals surface area contributed by atoms with Gasteiger partial charge in [-0.2, -0.15) is 10.2 Å². The summed E-state index contributed by atoms with van der Waals surface area (Å²) < 4.78 is 0. The van der Waals surface area contributed by atoms with E-state index in [-0.39, 0.29) is 0 Å². The van der Waals surface area contributed by atoms with Crippen LogP contribution in [0.3, 0.4) is 0 Å². The molecule has 0 aliphatic carbocycles. The average Bonchev–Trinajstić information content (AvgIpc) is 2.31. The second-order valence-electron chi connectivity index (χ2n) is 4.02. The van der Waals surface area contributed by atoms with E-state index < -0.39 is 0 Å². The number of hydrazone groups is 2. The molecular weight excluding hydrogens is 268 g/mol. The summed E-state index contributed by atoms with van der Waals surface area (Å²) in [6.45, 7) is 3.68. The van der Waals surface area contributed by atoms with Crippen LogP contribution in [0.4, 0.5) is 0 Å². The van der Waals surface area contributed by atoms with Crippen molar-refractivity contribution in [1.29, 1.82) is 0 Å². The van der Waals surface area contributed by atoms with E-state index in [0.717, 1.165) is 11.4 Å². The molecule has 6 nitrogen and oxygen atoms in total. The summed E-state index contributed by atoms with van der Waals surface area (Å²) in [5.74, 6) is 0. The van der Waals surface area contributed by atoms with E-state index >= 15 is 0 Å². The molecule has 0 aliphatic heterocycles. The molecule has 0 aromatic heterocycles. The van der Waals surface area contributed by atoms with Crippen molar-refractivity contribution in [1.82, 2.24) is 20.7 Å². The Morgan fingerprint density at radius 3 is 1.28 bits per heavy atom. The van der Waals surface area contributed by atoms with Crippen molar-refractivity contribution in [3.05, 3.63) is 0 Å². The molecule has 0 saturated carbocycles. The van der Waals surface area contributed by atoms with Crippen molar-refractivity contribution in [2.45, 2.75) is 13.8 Å². The zero-order chi connectivity index (χ0) is 14.3. The third-order valence-electron chi connectivity index (χ3n) is 1.97. The van der Waals surface area contributed by atoms with Crippen molar-refractivity contribution in [3.63, 3.8) is 0 Å². The first kappa shape index (κ1) is 16.7. The van der Waals surface area contributed by atoms with Gasteiger partial charge in [0.1, 0.15) is 0 Å². The van der Waals surface area contributed by atoms with E-state index in [2.05, 4.69) is 21.1 Å². The lowest BCUT2D eigenvalue weighted by atomic mass is 10.3. The van der Waals surface area contributed by atoms with Crippen molar-refractivity contribution >= 4 is 46.1 Å². The molecule has 0 bridgehead atoms. The Labute approximate surface area is 119 Å². The number of rotatable bonds is 3. The maximum Gasteiger partial charge on any atom is 0.189 e. The number of hydrogen-bond acceptors (Lipinski definition) is 4. The first-order chi connectivity index (χ1) is 8.25.